The first-order valence-electron chi connectivity index (χ1n) is 3.11. The highest BCUT2D eigenvalue weighted by Crippen LogP contribution is 2.06. The smallest absolute Gasteiger partial charge is 0.120 e. The Hall–Kier alpha value is -0.810. The summed E-state index contributed by atoms with van der Waals surface area (Å²) in [6.07, 6.45) is 5.17. The Morgan fingerprint density at radius 1 is 1.67 bits per heavy atom. The Balaban J connectivity index is 3.36. The Morgan fingerprint density at radius 2 is 2.33 bits per heavy atom. The largest absolute Gasteiger partial charge is 0.234 e. The normalized spacial score (nSPS) is 11.7. The zero-order valence-electron chi connectivity index (χ0n) is 5.76. The summed E-state index contributed by atoms with van der Waals surface area (Å²) in [5, 5.41) is 0. The van der Waals surface area contributed by atoms with Crippen molar-refractivity contribution in [2.75, 3.05) is 0 Å². The Morgan fingerprint density at radius 3 is 2.78 bits per heavy atom. The Labute approximate surface area is 56.1 Å². The van der Waals surface area contributed by atoms with Gasteiger partial charge in [-0.05, 0) is 18.8 Å². The summed E-state index contributed by atoms with van der Waals surface area (Å²) in [6, 6.07) is 0. The molecule has 0 aromatic carbocycles. The number of rotatable bonds is 4. The van der Waals surface area contributed by atoms with Gasteiger partial charge in [-0.15, -0.1) is 6.58 Å². The van der Waals surface area contributed by atoms with Crippen molar-refractivity contribution in [3.63, 3.8) is 0 Å². The molecule has 0 spiro atoms. The molecule has 0 bridgehead atoms. The van der Waals surface area contributed by atoms with Crippen LogP contribution < -0.4 is 0 Å². The highest BCUT2D eigenvalue weighted by molar-refractivity contribution is 5.44. The van der Waals surface area contributed by atoms with Crippen LogP contribution in [0.15, 0.2) is 18.7 Å². The zero-order valence-corrected chi connectivity index (χ0v) is 5.76. The van der Waals surface area contributed by atoms with Gasteiger partial charge >= 0.3 is 0 Å². The predicted octanol–water partition coefficient (Wildman–Crippen LogP) is 1.98. The average Bonchev–Trinajstić information content (AvgIpc) is 1.85. The molecule has 1 unspecified atom stereocenters. The number of hydrogen-bond donors (Lipinski definition) is 0. The maximum atomic E-state index is 9.71. The Bertz CT molecular complexity index is 121. The van der Waals surface area contributed by atoms with E-state index in [9.17, 15) is 4.79 Å². The molecule has 0 heterocycles. The second kappa shape index (κ2) is 5.33. The third kappa shape index (κ3) is 5.05. The highest BCUT2D eigenvalue weighted by Gasteiger charge is 1.93. The first-order chi connectivity index (χ1) is 4.31. The van der Waals surface area contributed by atoms with E-state index >= 15 is 0 Å². The van der Waals surface area contributed by atoms with Crippen molar-refractivity contribution in [2.24, 2.45) is 5.92 Å². The Kier molecular flexibility index (Phi) is 4.85. The molecule has 1 heteroatoms. The molecule has 0 N–H and O–H groups in total. The molecule has 0 radical (unpaired) electrons. The van der Waals surface area contributed by atoms with Gasteiger partial charge in [-0.2, -0.15) is 0 Å². The van der Waals surface area contributed by atoms with E-state index in [2.05, 4.69) is 13.5 Å². The van der Waals surface area contributed by atoms with Crippen molar-refractivity contribution in [2.45, 2.75) is 19.8 Å². The highest BCUT2D eigenvalue weighted by atomic mass is 16.1. The SMILES string of the molecule is C=CCC(C)CC=C=O. The standard InChI is InChI=1S/C8H12O/c1-3-5-8(2)6-4-7-9/h3-4,8H,1,5-6H2,2H3. The van der Waals surface area contributed by atoms with E-state index in [1.807, 2.05) is 6.08 Å². The fraction of sp³-hybridized carbons (Fsp3) is 0.500. The molecule has 0 saturated carbocycles. The van der Waals surface area contributed by atoms with Crippen molar-refractivity contribution < 1.29 is 4.79 Å². The summed E-state index contributed by atoms with van der Waals surface area (Å²) in [7, 11) is 0. The molecule has 0 aliphatic rings. The van der Waals surface area contributed by atoms with Gasteiger partial charge in [0.15, 0.2) is 0 Å². The topological polar surface area (TPSA) is 17.1 Å². The summed E-state index contributed by atoms with van der Waals surface area (Å²) >= 11 is 0. The first kappa shape index (κ1) is 8.19. The molecule has 0 fully saturated rings. The molecule has 9 heavy (non-hydrogen) atoms. The third-order valence-corrected chi connectivity index (χ3v) is 1.17. The number of hydrogen-bond acceptors (Lipinski definition) is 1. The van der Waals surface area contributed by atoms with Crippen molar-refractivity contribution >= 4 is 5.94 Å². The minimum atomic E-state index is 0.531. The zero-order chi connectivity index (χ0) is 7.11. The lowest BCUT2D eigenvalue weighted by Crippen LogP contribution is -1.88. The molecule has 0 aliphatic heterocycles. The predicted molar refractivity (Wildman–Crippen MR) is 38.9 cm³/mol. The monoisotopic (exact) mass is 124 g/mol. The molecule has 0 aromatic heterocycles. The van der Waals surface area contributed by atoms with E-state index in [0.717, 1.165) is 12.8 Å². The summed E-state index contributed by atoms with van der Waals surface area (Å²) in [4.78, 5) is 9.71. The fourth-order valence-corrected chi connectivity index (χ4v) is 0.630. The lowest BCUT2D eigenvalue weighted by Gasteiger charge is -2.00. The molecule has 0 aromatic rings. The van der Waals surface area contributed by atoms with Gasteiger partial charge in [-0.25, -0.2) is 4.79 Å². The minimum absolute atomic E-state index is 0.531. The van der Waals surface area contributed by atoms with Crippen LogP contribution in [-0.4, -0.2) is 5.94 Å². The molecule has 1 nitrogen and oxygen atoms in total. The molecule has 0 aliphatic carbocycles. The summed E-state index contributed by atoms with van der Waals surface area (Å²) in [6.45, 7) is 5.68. The van der Waals surface area contributed by atoms with E-state index in [1.54, 1.807) is 5.94 Å². The maximum Gasteiger partial charge on any atom is 0.120 e. The van der Waals surface area contributed by atoms with Crippen LogP contribution in [0.3, 0.4) is 0 Å². The lowest BCUT2D eigenvalue weighted by molar-refractivity contribution is 0.562. The van der Waals surface area contributed by atoms with E-state index in [-0.39, 0.29) is 0 Å². The third-order valence-electron chi connectivity index (χ3n) is 1.17. The van der Waals surface area contributed by atoms with E-state index in [4.69, 9.17) is 0 Å². The molecule has 0 amide bonds. The van der Waals surface area contributed by atoms with Gasteiger partial charge in [0.25, 0.3) is 0 Å². The molecular formula is C8H12O. The number of carbonyl (C=O) groups excluding carboxylic acids is 1. The van der Waals surface area contributed by atoms with E-state index in [0.29, 0.717) is 5.92 Å². The van der Waals surface area contributed by atoms with Crippen molar-refractivity contribution in [1.82, 2.24) is 0 Å². The molecule has 0 saturated heterocycles. The van der Waals surface area contributed by atoms with Gasteiger partial charge in [-0.1, -0.05) is 13.0 Å². The van der Waals surface area contributed by atoms with Gasteiger partial charge < -0.3 is 0 Å². The second-order valence-electron chi connectivity index (χ2n) is 2.19. The maximum absolute atomic E-state index is 9.71. The van der Waals surface area contributed by atoms with Crippen molar-refractivity contribution in [1.29, 1.82) is 0 Å². The first-order valence-corrected chi connectivity index (χ1v) is 3.11. The molecule has 0 rings (SSSR count). The summed E-state index contributed by atoms with van der Waals surface area (Å²) in [5.74, 6) is 2.28. The van der Waals surface area contributed by atoms with Crippen LogP contribution in [0.5, 0.6) is 0 Å². The van der Waals surface area contributed by atoms with Crippen LogP contribution >= 0.6 is 0 Å². The minimum Gasteiger partial charge on any atom is -0.234 e. The van der Waals surface area contributed by atoms with Gasteiger partial charge in [-0.3, -0.25) is 0 Å². The van der Waals surface area contributed by atoms with Crippen LogP contribution in [0.1, 0.15) is 19.8 Å². The molecule has 50 valence electrons. The number of allylic oxidation sites excluding steroid dienone is 2. The quantitative estimate of drug-likeness (QED) is 0.413. The van der Waals surface area contributed by atoms with Crippen molar-refractivity contribution in [3.05, 3.63) is 18.7 Å². The summed E-state index contributed by atoms with van der Waals surface area (Å²) in [5.41, 5.74) is 0. The van der Waals surface area contributed by atoms with Crippen LogP contribution in [0, 0.1) is 5.92 Å². The summed E-state index contributed by atoms with van der Waals surface area (Å²) < 4.78 is 0. The molecule has 1 atom stereocenters. The van der Waals surface area contributed by atoms with Crippen LogP contribution in [0.4, 0.5) is 0 Å². The van der Waals surface area contributed by atoms with Gasteiger partial charge in [0.1, 0.15) is 5.94 Å². The average molecular weight is 124 g/mol. The van der Waals surface area contributed by atoms with Crippen LogP contribution in [-0.2, 0) is 4.79 Å². The van der Waals surface area contributed by atoms with Gasteiger partial charge in [0.05, 0.1) is 0 Å². The van der Waals surface area contributed by atoms with E-state index < -0.39 is 0 Å². The lowest BCUT2D eigenvalue weighted by atomic mass is 10.0. The van der Waals surface area contributed by atoms with Crippen LogP contribution in [0.2, 0.25) is 0 Å². The van der Waals surface area contributed by atoms with E-state index in [1.165, 1.54) is 6.08 Å². The van der Waals surface area contributed by atoms with Crippen LogP contribution in [0.25, 0.3) is 0 Å². The molecular weight excluding hydrogens is 112 g/mol. The second-order valence-corrected chi connectivity index (χ2v) is 2.19. The van der Waals surface area contributed by atoms with Crippen molar-refractivity contribution in [3.8, 4) is 0 Å². The van der Waals surface area contributed by atoms with Gasteiger partial charge in [0, 0.05) is 6.08 Å². The fourth-order valence-electron chi connectivity index (χ4n) is 0.630. The van der Waals surface area contributed by atoms with Gasteiger partial charge in [0.2, 0.25) is 0 Å².